The molecule has 2 aromatic carbocycles. The SMILES string of the molecule is CCc1ccc([C@H]2[C@H]([N+](=O)[O-])[C@]3(C(=O)Nc4ccccc43)N3CCC[C@@H]23)cc1. The lowest BCUT2D eigenvalue weighted by molar-refractivity contribution is -0.534. The van der Waals surface area contributed by atoms with E-state index in [-0.39, 0.29) is 22.8 Å². The second-order valence-electron chi connectivity index (χ2n) is 8.02. The molecule has 0 bridgehead atoms. The minimum absolute atomic E-state index is 0.000201. The van der Waals surface area contributed by atoms with Gasteiger partial charge in [-0.2, -0.15) is 0 Å². The van der Waals surface area contributed by atoms with E-state index < -0.39 is 11.6 Å². The molecule has 1 N–H and O–H groups in total. The van der Waals surface area contributed by atoms with E-state index in [1.165, 1.54) is 5.56 Å². The fraction of sp³-hybridized carbons (Fsp3) is 0.409. The van der Waals surface area contributed by atoms with Crippen LogP contribution in [0.15, 0.2) is 48.5 Å². The second-order valence-corrected chi connectivity index (χ2v) is 8.02. The number of nitrogens with zero attached hydrogens (tertiary/aromatic N) is 2. The first-order chi connectivity index (χ1) is 13.6. The number of nitro groups is 1. The zero-order valence-electron chi connectivity index (χ0n) is 15.8. The maximum Gasteiger partial charge on any atom is 0.256 e. The summed E-state index contributed by atoms with van der Waals surface area (Å²) in [6.07, 6.45) is 2.76. The lowest BCUT2D eigenvalue weighted by Gasteiger charge is -2.32. The molecule has 6 heteroatoms. The van der Waals surface area contributed by atoms with Crippen LogP contribution in [0.2, 0.25) is 0 Å². The molecule has 5 rings (SSSR count). The molecule has 0 unspecified atom stereocenters. The fourth-order valence-corrected chi connectivity index (χ4v) is 5.75. The molecule has 4 atom stereocenters. The van der Waals surface area contributed by atoms with Crippen LogP contribution in [-0.2, 0) is 16.8 Å². The molecule has 2 saturated heterocycles. The predicted molar refractivity (Wildman–Crippen MR) is 106 cm³/mol. The Morgan fingerprint density at radius 1 is 1.21 bits per heavy atom. The van der Waals surface area contributed by atoms with Crippen molar-refractivity contribution in [3.63, 3.8) is 0 Å². The maximum absolute atomic E-state index is 13.3. The number of benzene rings is 2. The number of hydrogen-bond acceptors (Lipinski definition) is 4. The lowest BCUT2D eigenvalue weighted by atomic mass is 9.77. The first-order valence-electron chi connectivity index (χ1n) is 9.99. The Morgan fingerprint density at radius 3 is 2.68 bits per heavy atom. The Bertz CT molecular complexity index is 958. The Hall–Kier alpha value is -2.73. The van der Waals surface area contributed by atoms with Crippen molar-refractivity contribution < 1.29 is 9.72 Å². The quantitative estimate of drug-likeness (QED) is 0.658. The second kappa shape index (κ2) is 6.14. The van der Waals surface area contributed by atoms with Gasteiger partial charge >= 0.3 is 0 Å². The minimum Gasteiger partial charge on any atom is -0.324 e. The molecular formula is C22H23N3O3. The van der Waals surface area contributed by atoms with Gasteiger partial charge in [-0.25, -0.2) is 0 Å². The number of rotatable bonds is 3. The minimum atomic E-state index is -1.23. The summed E-state index contributed by atoms with van der Waals surface area (Å²) < 4.78 is 0. The summed E-state index contributed by atoms with van der Waals surface area (Å²) in [4.78, 5) is 27.7. The standard InChI is InChI=1S/C22H23N3O3/c1-2-14-9-11-15(12-10-14)19-18-8-5-13-24(18)22(20(19)25(27)28)16-6-3-4-7-17(16)23-21(22)26/h3-4,6-7,9-12,18-20H,2,5,8,13H2,1H3,(H,23,26)/t18-,19+,20-,22+/m0/s1. The highest BCUT2D eigenvalue weighted by Gasteiger charge is 2.73. The van der Waals surface area contributed by atoms with Gasteiger partial charge in [-0.05, 0) is 36.5 Å². The lowest BCUT2D eigenvalue weighted by Crippen LogP contribution is -2.55. The Kier molecular flexibility index (Phi) is 3.81. The van der Waals surface area contributed by atoms with E-state index in [4.69, 9.17) is 0 Å². The van der Waals surface area contributed by atoms with E-state index in [0.29, 0.717) is 12.2 Å². The molecule has 1 spiro atoms. The molecule has 0 saturated carbocycles. The fourth-order valence-electron chi connectivity index (χ4n) is 5.75. The van der Waals surface area contributed by atoms with Gasteiger partial charge in [0.25, 0.3) is 11.9 Å². The van der Waals surface area contributed by atoms with Gasteiger partial charge in [0.15, 0.2) is 5.54 Å². The van der Waals surface area contributed by atoms with Crippen LogP contribution < -0.4 is 5.32 Å². The molecular weight excluding hydrogens is 354 g/mol. The third-order valence-electron chi connectivity index (χ3n) is 6.87. The number of para-hydroxylation sites is 1. The van der Waals surface area contributed by atoms with Crippen molar-refractivity contribution in [2.24, 2.45) is 0 Å². The molecule has 144 valence electrons. The smallest absolute Gasteiger partial charge is 0.256 e. The van der Waals surface area contributed by atoms with E-state index in [9.17, 15) is 14.9 Å². The molecule has 28 heavy (non-hydrogen) atoms. The van der Waals surface area contributed by atoms with E-state index >= 15 is 0 Å². The molecule has 2 fully saturated rings. The van der Waals surface area contributed by atoms with Crippen LogP contribution >= 0.6 is 0 Å². The summed E-state index contributed by atoms with van der Waals surface area (Å²) in [5.74, 6) is -0.560. The maximum atomic E-state index is 13.3. The van der Waals surface area contributed by atoms with Gasteiger partial charge in [-0.15, -0.1) is 0 Å². The van der Waals surface area contributed by atoms with Gasteiger partial charge in [0.05, 0.1) is 5.92 Å². The van der Waals surface area contributed by atoms with Crippen molar-refractivity contribution in [3.8, 4) is 0 Å². The van der Waals surface area contributed by atoms with E-state index in [2.05, 4.69) is 29.3 Å². The molecule has 0 aliphatic carbocycles. The van der Waals surface area contributed by atoms with Crippen molar-refractivity contribution in [1.82, 2.24) is 4.90 Å². The van der Waals surface area contributed by atoms with Gasteiger partial charge < -0.3 is 5.32 Å². The molecule has 0 aromatic heterocycles. The number of aryl methyl sites for hydroxylation is 1. The van der Waals surface area contributed by atoms with Crippen molar-refractivity contribution in [3.05, 3.63) is 75.3 Å². The first-order valence-corrected chi connectivity index (χ1v) is 9.99. The number of fused-ring (bicyclic) bond motifs is 4. The summed E-state index contributed by atoms with van der Waals surface area (Å²) in [7, 11) is 0. The summed E-state index contributed by atoms with van der Waals surface area (Å²) in [5.41, 5.74) is 2.40. The number of amides is 1. The van der Waals surface area contributed by atoms with E-state index in [1.807, 2.05) is 36.4 Å². The van der Waals surface area contributed by atoms with Crippen LogP contribution in [-0.4, -0.2) is 34.4 Å². The van der Waals surface area contributed by atoms with Gasteiger partial charge in [0.1, 0.15) is 0 Å². The number of carbonyl (C=O) groups excluding carboxylic acids is 1. The molecule has 2 aromatic rings. The number of hydrogen-bond donors (Lipinski definition) is 1. The summed E-state index contributed by atoms with van der Waals surface area (Å²) >= 11 is 0. The van der Waals surface area contributed by atoms with Gasteiger partial charge in [0.2, 0.25) is 0 Å². The monoisotopic (exact) mass is 377 g/mol. The van der Waals surface area contributed by atoms with Crippen LogP contribution in [0.3, 0.4) is 0 Å². The average molecular weight is 377 g/mol. The van der Waals surface area contributed by atoms with Crippen molar-refractivity contribution in [2.45, 2.75) is 49.7 Å². The zero-order chi connectivity index (χ0) is 19.5. The number of anilines is 1. The molecule has 1 amide bonds. The van der Waals surface area contributed by atoms with Crippen LogP contribution in [0.5, 0.6) is 0 Å². The van der Waals surface area contributed by atoms with Crippen LogP contribution in [0.4, 0.5) is 5.69 Å². The predicted octanol–water partition coefficient (Wildman–Crippen LogP) is 3.30. The van der Waals surface area contributed by atoms with Crippen LogP contribution in [0.1, 0.15) is 42.4 Å². The van der Waals surface area contributed by atoms with Crippen molar-refractivity contribution in [1.29, 1.82) is 0 Å². The van der Waals surface area contributed by atoms with Gasteiger partial charge in [0, 0.05) is 28.8 Å². The Labute approximate surface area is 163 Å². The van der Waals surface area contributed by atoms with E-state index in [1.54, 1.807) is 0 Å². The Balaban J connectivity index is 1.72. The molecule has 3 aliphatic heterocycles. The highest BCUT2D eigenvalue weighted by molar-refractivity contribution is 6.07. The van der Waals surface area contributed by atoms with E-state index in [0.717, 1.165) is 30.4 Å². The molecule has 3 heterocycles. The van der Waals surface area contributed by atoms with Crippen LogP contribution in [0, 0.1) is 10.1 Å². The summed E-state index contributed by atoms with van der Waals surface area (Å²) in [6, 6.07) is 14.6. The highest BCUT2D eigenvalue weighted by atomic mass is 16.6. The van der Waals surface area contributed by atoms with Crippen molar-refractivity contribution >= 4 is 11.6 Å². The largest absolute Gasteiger partial charge is 0.324 e. The molecule has 3 aliphatic rings. The Morgan fingerprint density at radius 2 is 1.96 bits per heavy atom. The number of carbonyl (C=O) groups is 1. The normalized spacial score (nSPS) is 31.0. The summed E-state index contributed by atoms with van der Waals surface area (Å²) in [5, 5.41) is 15.4. The first kappa shape index (κ1) is 17.4. The molecule has 6 nitrogen and oxygen atoms in total. The van der Waals surface area contributed by atoms with Crippen molar-refractivity contribution in [2.75, 3.05) is 11.9 Å². The average Bonchev–Trinajstić information content (AvgIpc) is 3.35. The number of nitrogens with one attached hydrogen (secondary N) is 1. The topological polar surface area (TPSA) is 75.5 Å². The molecule has 0 radical (unpaired) electrons. The zero-order valence-corrected chi connectivity index (χ0v) is 15.8. The third-order valence-corrected chi connectivity index (χ3v) is 6.87. The van der Waals surface area contributed by atoms with Crippen LogP contribution in [0.25, 0.3) is 0 Å². The summed E-state index contributed by atoms with van der Waals surface area (Å²) in [6.45, 7) is 2.80. The van der Waals surface area contributed by atoms with Gasteiger partial charge in [-0.3, -0.25) is 19.8 Å². The highest BCUT2D eigenvalue weighted by Crippen LogP contribution is 2.57. The van der Waals surface area contributed by atoms with Gasteiger partial charge in [-0.1, -0.05) is 49.4 Å². The third kappa shape index (κ3) is 2.09.